The summed E-state index contributed by atoms with van der Waals surface area (Å²) in [5, 5.41) is 3.95. The van der Waals surface area contributed by atoms with Crippen molar-refractivity contribution in [2.75, 3.05) is 0 Å². The summed E-state index contributed by atoms with van der Waals surface area (Å²) < 4.78 is 1.70. The first-order valence-corrected chi connectivity index (χ1v) is 2.99. The van der Waals surface area contributed by atoms with Crippen LogP contribution in [0.2, 0.25) is 0 Å². The summed E-state index contributed by atoms with van der Waals surface area (Å²) in [5.74, 6) is 0. The van der Waals surface area contributed by atoms with Crippen molar-refractivity contribution in [2.24, 2.45) is 0 Å². The van der Waals surface area contributed by atoms with E-state index in [2.05, 4.69) is 15.1 Å². The first-order chi connectivity index (χ1) is 4.88. The summed E-state index contributed by atoms with van der Waals surface area (Å²) in [6.07, 6.45) is 5.00. The van der Waals surface area contributed by atoms with Gasteiger partial charge >= 0.3 is 0 Å². The predicted molar refractivity (Wildman–Crippen MR) is 35.5 cm³/mol. The van der Waals surface area contributed by atoms with Gasteiger partial charge < -0.3 is 0 Å². The van der Waals surface area contributed by atoms with Crippen molar-refractivity contribution in [1.82, 2.24) is 19.6 Å². The average Bonchev–Trinajstić information content (AvgIpc) is 2.36. The van der Waals surface area contributed by atoms with Crippen molar-refractivity contribution in [3.63, 3.8) is 0 Å². The van der Waals surface area contributed by atoms with E-state index in [-0.39, 0.29) is 0 Å². The Balaban J connectivity index is 2.95. The SMILES string of the molecule is Cc1nccn2ncnc12. The zero-order valence-corrected chi connectivity index (χ0v) is 5.52. The fourth-order valence-electron chi connectivity index (χ4n) is 0.884. The summed E-state index contributed by atoms with van der Waals surface area (Å²) in [7, 11) is 0. The molecule has 0 saturated carbocycles. The number of hydrogen-bond donors (Lipinski definition) is 0. The first-order valence-electron chi connectivity index (χ1n) is 2.99. The highest BCUT2D eigenvalue weighted by Crippen LogP contribution is 1.99. The summed E-state index contributed by atoms with van der Waals surface area (Å²) in [6, 6.07) is 0. The molecule has 0 atom stereocenters. The van der Waals surface area contributed by atoms with Gasteiger partial charge in [0.1, 0.15) is 6.33 Å². The second kappa shape index (κ2) is 1.76. The maximum Gasteiger partial charge on any atom is 0.176 e. The van der Waals surface area contributed by atoms with E-state index in [0.717, 1.165) is 11.3 Å². The van der Waals surface area contributed by atoms with Gasteiger partial charge in [-0.2, -0.15) is 5.10 Å². The van der Waals surface area contributed by atoms with Crippen LogP contribution in [0.15, 0.2) is 18.7 Å². The Morgan fingerprint density at radius 2 is 2.30 bits per heavy atom. The Labute approximate surface area is 57.5 Å². The van der Waals surface area contributed by atoms with Crippen LogP contribution in [0.3, 0.4) is 0 Å². The van der Waals surface area contributed by atoms with Crippen LogP contribution in [0.25, 0.3) is 5.65 Å². The molecule has 4 heteroatoms. The van der Waals surface area contributed by atoms with Gasteiger partial charge in [-0.15, -0.1) is 0 Å². The summed E-state index contributed by atoms with van der Waals surface area (Å²) in [4.78, 5) is 8.06. The summed E-state index contributed by atoms with van der Waals surface area (Å²) in [6.45, 7) is 1.91. The van der Waals surface area contributed by atoms with Crippen LogP contribution >= 0.6 is 0 Å². The lowest BCUT2D eigenvalue weighted by Crippen LogP contribution is -1.90. The average molecular weight is 134 g/mol. The topological polar surface area (TPSA) is 43.1 Å². The van der Waals surface area contributed by atoms with Gasteiger partial charge in [-0.1, -0.05) is 0 Å². The van der Waals surface area contributed by atoms with Crippen LogP contribution in [0.4, 0.5) is 0 Å². The molecule has 0 spiro atoms. The summed E-state index contributed by atoms with van der Waals surface area (Å²) in [5.41, 5.74) is 1.72. The predicted octanol–water partition coefficient (Wildman–Crippen LogP) is 0.433. The molecule has 0 radical (unpaired) electrons. The number of rotatable bonds is 0. The largest absolute Gasteiger partial charge is 0.256 e. The third kappa shape index (κ3) is 0.586. The Morgan fingerprint density at radius 1 is 1.40 bits per heavy atom. The maximum atomic E-state index is 4.06. The number of aryl methyl sites for hydroxylation is 1. The Kier molecular flexibility index (Phi) is 0.943. The molecule has 2 rings (SSSR count). The molecule has 2 heterocycles. The lowest BCUT2D eigenvalue weighted by Gasteiger charge is -1.91. The third-order valence-electron chi connectivity index (χ3n) is 1.37. The normalized spacial score (nSPS) is 10.5. The van der Waals surface area contributed by atoms with Gasteiger partial charge in [0, 0.05) is 12.4 Å². The van der Waals surface area contributed by atoms with Gasteiger partial charge in [0.25, 0.3) is 0 Å². The van der Waals surface area contributed by atoms with Gasteiger partial charge in [-0.3, -0.25) is 4.98 Å². The van der Waals surface area contributed by atoms with Gasteiger partial charge in [0.05, 0.1) is 5.69 Å². The van der Waals surface area contributed by atoms with E-state index in [4.69, 9.17) is 0 Å². The second-order valence-electron chi connectivity index (χ2n) is 2.04. The lowest BCUT2D eigenvalue weighted by atomic mass is 10.5. The highest BCUT2D eigenvalue weighted by molar-refractivity contribution is 5.39. The van der Waals surface area contributed by atoms with Gasteiger partial charge in [-0.25, -0.2) is 9.50 Å². The van der Waals surface area contributed by atoms with Gasteiger partial charge in [0.15, 0.2) is 5.65 Å². The quantitative estimate of drug-likeness (QED) is 0.524. The number of aromatic nitrogens is 4. The van der Waals surface area contributed by atoms with Crippen LogP contribution in [0.1, 0.15) is 5.69 Å². The standard InChI is InChI=1S/C6H6N4/c1-5-6-8-4-9-10(6)3-2-7-5/h2-4H,1H3. The van der Waals surface area contributed by atoms with E-state index in [0.29, 0.717) is 0 Å². The van der Waals surface area contributed by atoms with E-state index in [1.807, 2.05) is 6.92 Å². The molecule has 10 heavy (non-hydrogen) atoms. The van der Waals surface area contributed by atoms with Crippen LogP contribution in [0.5, 0.6) is 0 Å². The molecule has 0 aliphatic carbocycles. The maximum absolute atomic E-state index is 4.06. The Hall–Kier alpha value is -1.45. The highest BCUT2D eigenvalue weighted by Gasteiger charge is 1.96. The Morgan fingerprint density at radius 3 is 3.10 bits per heavy atom. The van der Waals surface area contributed by atoms with Crippen molar-refractivity contribution in [3.05, 3.63) is 24.4 Å². The molecule has 0 saturated heterocycles. The Bertz CT molecular complexity index is 351. The highest BCUT2D eigenvalue weighted by atomic mass is 15.3. The molecule has 0 aliphatic rings. The van der Waals surface area contributed by atoms with Crippen molar-refractivity contribution in [1.29, 1.82) is 0 Å². The molecule has 0 bridgehead atoms. The molecule has 0 amide bonds. The fourth-order valence-corrected chi connectivity index (χ4v) is 0.884. The molecule has 2 aromatic rings. The zero-order valence-electron chi connectivity index (χ0n) is 5.52. The molecule has 2 aromatic heterocycles. The van der Waals surface area contributed by atoms with Gasteiger partial charge in [-0.05, 0) is 6.92 Å². The van der Waals surface area contributed by atoms with Crippen LogP contribution in [-0.4, -0.2) is 19.6 Å². The second-order valence-corrected chi connectivity index (χ2v) is 2.04. The molecule has 0 N–H and O–H groups in total. The first kappa shape index (κ1) is 5.34. The minimum Gasteiger partial charge on any atom is -0.256 e. The number of fused-ring (bicyclic) bond motifs is 1. The minimum atomic E-state index is 0.822. The number of nitrogens with zero attached hydrogens (tertiary/aromatic N) is 4. The monoisotopic (exact) mass is 134 g/mol. The molecule has 0 unspecified atom stereocenters. The minimum absolute atomic E-state index is 0.822. The number of hydrogen-bond acceptors (Lipinski definition) is 3. The van der Waals surface area contributed by atoms with Crippen molar-refractivity contribution in [2.45, 2.75) is 6.92 Å². The van der Waals surface area contributed by atoms with Crippen molar-refractivity contribution < 1.29 is 0 Å². The van der Waals surface area contributed by atoms with E-state index >= 15 is 0 Å². The zero-order chi connectivity index (χ0) is 6.97. The van der Waals surface area contributed by atoms with Gasteiger partial charge in [0.2, 0.25) is 0 Å². The summed E-state index contributed by atoms with van der Waals surface area (Å²) >= 11 is 0. The van der Waals surface area contributed by atoms with E-state index < -0.39 is 0 Å². The van der Waals surface area contributed by atoms with Crippen molar-refractivity contribution >= 4 is 5.65 Å². The lowest BCUT2D eigenvalue weighted by molar-refractivity contribution is 0.934. The van der Waals surface area contributed by atoms with Crippen LogP contribution < -0.4 is 0 Å². The molecule has 0 aromatic carbocycles. The molecular weight excluding hydrogens is 128 g/mol. The third-order valence-corrected chi connectivity index (χ3v) is 1.37. The van der Waals surface area contributed by atoms with Crippen LogP contribution in [0, 0.1) is 6.92 Å². The molecule has 4 nitrogen and oxygen atoms in total. The van der Waals surface area contributed by atoms with Crippen LogP contribution in [-0.2, 0) is 0 Å². The van der Waals surface area contributed by atoms with Crippen molar-refractivity contribution in [3.8, 4) is 0 Å². The molecule has 0 fully saturated rings. The van der Waals surface area contributed by atoms with E-state index in [9.17, 15) is 0 Å². The smallest absolute Gasteiger partial charge is 0.176 e. The molecule has 50 valence electrons. The molecular formula is C6H6N4. The van der Waals surface area contributed by atoms with E-state index in [1.54, 1.807) is 16.9 Å². The fraction of sp³-hybridized carbons (Fsp3) is 0.167. The van der Waals surface area contributed by atoms with E-state index in [1.165, 1.54) is 6.33 Å². The molecule has 0 aliphatic heterocycles.